The smallest absolute Gasteiger partial charge is 0.131 e. The maximum atomic E-state index is 5.78. The molecule has 3 nitrogen and oxygen atoms in total. The summed E-state index contributed by atoms with van der Waals surface area (Å²) in [6, 6.07) is 15.5. The Morgan fingerprint density at radius 2 is 1.89 bits per heavy atom. The molecule has 96 valence electrons. The van der Waals surface area contributed by atoms with Crippen LogP contribution in [0.5, 0.6) is 17.2 Å². The highest BCUT2D eigenvalue weighted by Crippen LogP contribution is 2.34. The highest BCUT2D eigenvalue weighted by Gasteiger charge is 2.13. The first-order valence-electron chi connectivity index (χ1n) is 6.26. The van der Waals surface area contributed by atoms with Gasteiger partial charge in [-0.25, -0.2) is 0 Å². The fourth-order valence-electron chi connectivity index (χ4n) is 2.11. The molecule has 0 radical (unpaired) electrons. The highest BCUT2D eigenvalue weighted by atomic mass is 16.5. The van der Waals surface area contributed by atoms with E-state index in [0.29, 0.717) is 13.2 Å². The van der Waals surface area contributed by atoms with Crippen LogP contribution in [0, 0.1) is 0 Å². The second-order valence-corrected chi connectivity index (χ2v) is 4.32. The Kier molecular flexibility index (Phi) is 3.21. The zero-order chi connectivity index (χ0) is 13.1. The fraction of sp³-hybridized carbons (Fsp3) is 0.125. The van der Waals surface area contributed by atoms with E-state index in [2.05, 4.69) is 0 Å². The Morgan fingerprint density at radius 3 is 2.68 bits per heavy atom. The standard InChI is InChI=1S/C16H15NO2/c17-11-12-8-9-18-16-10-14(6-7-15(12)16)19-13-4-2-1-3-5-13/h1-8,10H,9,11,17H2. The lowest BCUT2D eigenvalue weighted by Gasteiger charge is -2.18. The van der Waals surface area contributed by atoms with Crippen LogP contribution < -0.4 is 15.2 Å². The number of para-hydroxylation sites is 1. The third kappa shape index (κ3) is 2.46. The summed E-state index contributed by atoms with van der Waals surface area (Å²) >= 11 is 0. The van der Waals surface area contributed by atoms with Gasteiger partial charge in [0.2, 0.25) is 0 Å². The average Bonchev–Trinajstić information content (AvgIpc) is 2.47. The van der Waals surface area contributed by atoms with Crippen LogP contribution in [-0.4, -0.2) is 13.2 Å². The summed E-state index contributed by atoms with van der Waals surface area (Å²) in [5.74, 6) is 2.41. The Bertz CT molecular complexity index is 605. The van der Waals surface area contributed by atoms with Crippen LogP contribution in [0.4, 0.5) is 0 Å². The molecular formula is C16H15NO2. The maximum Gasteiger partial charge on any atom is 0.131 e. The number of nitrogens with two attached hydrogens (primary N) is 1. The van der Waals surface area contributed by atoms with Gasteiger partial charge in [0.25, 0.3) is 0 Å². The van der Waals surface area contributed by atoms with E-state index in [1.54, 1.807) is 0 Å². The second-order valence-electron chi connectivity index (χ2n) is 4.32. The van der Waals surface area contributed by atoms with Gasteiger partial charge in [0.1, 0.15) is 23.9 Å². The van der Waals surface area contributed by atoms with Crippen molar-refractivity contribution in [2.45, 2.75) is 0 Å². The molecule has 0 atom stereocenters. The van der Waals surface area contributed by atoms with Gasteiger partial charge in [-0.05, 0) is 35.9 Å². The third-order valence-corrected chi connectivity index (χ3v) is 3.07. The molecule has 0 saturated carbocycles. The summed E-state index contributed by atoms with van der Waals surface area (Å²) in [6.07, 6.45) is 2.01. The number of benzene rings is 2. The predicted octanol–water partition coefficient (Wildman–Crippen LogP) is 3.21. The fourth-order valence-corrected chi connectivity index (χ4v) is 2.11. The lowest BCUT2D eigenvalue weighted by atomic mass is 10.0. The van der Waals surface area contributed by atoms with Crippen LogP contribution in [0.15, 0.2) is 54.6 Å². The van der Waals surface area contributed by atoms with Crippen molar-refractivity contribution in [3.8, 4) is 17.2 Å². The number of rotatable bonds is 3. The van der Waals surface area contributed by atoms with Crippen LogP contribution in [0.3, 0.4) is 0 Å². The Balaban J connectivity index is 1.88. The molecule has 1 aliphatic heterocycles. The van der Waals surface area contributed by atoms with Crippen LogP contribution >= 0.6 is 0 Å². The average molecular weight is 253 g/mol. The number of ether oxygens (including phenoxy) is 2. The van der Waals surface area contributed by atoms with Gasteiger partial charge in [-0.15, -0.1) is 0 Å². The number of hydrogen-bond acceptors (Lipinski definition) is 3. The summed E-state index contributed by atoms with van der Waals surface area (Å²) in [6.45, 7) is 1.09. The molecule has 2 aromatic rings. The molecule has 19 heavy (non-hydrogen) atoms. The van der Waals surface area contributed by atoms with Crippen LogP contribution in [-0.2, 0) is 0 Å². The minimum atomic E-state index is 0.523. The molecular weight excluding hydrogens is 238 g/mol. The molecule has 0 amide bonds. The first-order valence-corrected chi connectivity index (χ1v) is 6.26. The molecule has 0 spiro atoms. The molecule has 0 saturated heterocycles. The second kappa shape index (κ2) is 5.16. The summed E-state index contributed by atoms with van der Waals surface area (Å²) in [5, 5.41) is 0. The van der Waals surface area contributed by atoms with Crippen molar-refractivity contribution >= 4 is 5.57 Å². The lowest BCUT2D eigenvalue weighted by molar-refractivity contribution is 0.354. The molecule has 0 aromatic heterocycles. The molecule has 0 aliphatic carbocycles. The van der Waals surface area contributed by atoms with Crippen LogP contribution in [0.25, 0.3) is 5.57 Å². The van der Waals surface area contributed by atoms with E-state index in [1.807, 2.05) is 54.6 Å². The Labute approximate surface area is 112 Å². The van der Waals surface area contributed by atoms with Crippen molar-refractivity contribution in [3.05, 3.63) is 60.2 Å². The molecule has 2 N–H and O–H groups in total. The van der Waals surface area contributed by atoms with Crippen molar-refractivity contribution in [1.29, 1.82) is 0 Å². The molecule has 3 rings (SSSR count). The van der Waals surface area contributed by atoms with Gasteiger partial charge in [-0.3, -0.25) is 0 Å². The van der Waals surface area contributed by atoms with Crippen LogP contribution in [0.1, 0.15) is 5.56 Å². The van der Waals surface area contributed by atoms with Gasteiger partial charge in [-0.2, -0.15) is 0 Å². The predicted molar refractivity (Wildman–Crippen MR) is 75.5 cm³/mol. The molecule has 1 aliphatic rings. The lowest BCUT2D eigenvalue weighted by Crippen LogP contribution is -2.10. The van der Waals surface area contributed by atoms with Gasteiger partial charge in [0.05, 0.1) is 0 Å². The van der Waals surface area contributed by atoms with Gasteiger partial charge in [0, 0.05) is 18.2 Å². The highest BCUT2D eigenvalue weighted by molar-refractivity contribution is 5.74. The molecule has 0 unspecified atom stereocenters. The van der Waals surface area contributed by atoms with Crippen molar-refractivity contribution in [2.24, 2.45) is 5.73 Å². The number of fused-ring (bicyclic) bond motifs is 1. The van der Waals surface area contributed by atoms with Gasteiger partial charge < -0.3 is 15.2 Å². The number of hydrogen-bond donors (Lipinski definition) is 1. The molecule has 1 heterocycles. The monoisotopic (exact) mass is 253 g/mol. The van der Waals surface area contributed by atoms with E-state index in [1.165, 1.54) is 0 Å². The zero-order valence-corrected chi connectivity index (χ0v) is 10.5. The third-order valence-electron chi connectivity index (χ3n) is 3.07. The first-order chi connectivity index (χ1) is 9.36. The van der Waals surface area contributed by atoms with Crippen molar-refractivity contribution in [3.63, 3.8) is 0 Å². The molecule has 0 bridgehead atoms. The summed E-state index contributed by atoms with van der Waals surface area (Å²) in [7, 11) is 0. The van der Waals surface area contributed by atoms with Gasteiger partial charge in [-0.1, -0.05) is 18.2 Å². The largest absolute Gasteiger partial charge is 0.489 e. The van der Waals surface area contributed by atoms with E-state index in [9.17, 15) is 0 Å². The minimum Gasteiger partial charge on any atom is -0.489 e. The first kappa shape index (κ1) is 11.8. The normalized spacial score (nSPS) is 13.2. The van der Waals surface area contributed by atoms with Gasteiger partial charge >= 0.3 is 0 Å². The van der Waals surface area contributed by atoms with E-state index in [4.69, 9.17) is 15.2 Å². The van der Waals surface area contributed by atoms with Crippen LogP contribution in [0.2, 0.25) is 0 Å². The summed E-state index contributed by atoms with van der Waals surface area (Å²) in [5.41, 5.74) is 7.89. The van der Waals surface area contributed by atoms with Crippen molar-refractivity contribution in [2.75, 3.05) is 13.2 Å². The molecule has 2 aromatic carbocycles. The minimum absolute atomic E-state index is 0.523. The summed E-state index contributed by atoms with van der Waals surface area (Å²) < 4.78 is 11.4. The van der Waals surface area contributed by atoms with E-state index in [0.717, 1.165) is 28.4 Å². The Morgan fingerprint density at radius 1 is 1.05 bits per heavy atom. The van der Waals surface area contributed by atoms with E-state index in [-0.39, 0.29) is 0 Å². The van der Waals surface area contributed by atoms with E-state index < -0.39 is 0 Å². The Hall–Kier alpha value is -2.26. The van der Waals surface area contributed by atoms with Gasteiger partial charge in [0.15, 0.2) is 0 Å². The zero-order valence-electron chi connectivity index (χ0n) is 10.5. The molecule has 0 fully saturated rings. The van der Waals surface area contributed by atoms with Crippen molar-refractivity contribution < 1.29 is 9.47 Å². The summed E-state index contributed by atoms with van der Waals surface area (Å²) in [4.78, 5) is 0. The SMILES string of the molecule is NCC1=CCOc2cc(Oc3ccccc3)ccc21. The van der Waals surface area contributed by atoms with E-state index >= 15 is 0 Å². The topological polar surface area (TPSA) is 44.5 Å². The maximum absolute atomic E-state index is 5.78. The molecule has 3 heteroatoms. The van der Waals surface area contributed by atoms with Crippen molar-refractivity contribution in [1.82, 2.24) is 0 Å². The quantitative estimate of drug-likeness (QED) is 0.913.